The second kappa shape index (κ2) is 7.42. The van der Waals surface area contributed by atoms with E-state index in [1.807, 2.05) is 29.2 Å². The van der Waals surface area contributed by atoms with Crippen LogP contribution in [0.5, 0.6) is 5.75 Å². The van der Waals surface area contributed by atoms with Gasteiger partial charge in [0.25, 0.3) is 5.91 Å². The molecule has 1 fully saturated rings. The lowest BCUT2D eigenvalue weighted by Gasteiger charge is -2.20. The number of aromatic nitrogens is 2. The van der Waals surface area contributed by atoms with E-state index in [2.05, 4.69) is 57.7 Å². The summed E-state index contributed by atoms with van der Waals surface area (Å²) in [5, 5.41) is 15.8. The fraction of sp³-hybridized carbons (Fsp3) is 0.242. The van der Waals surface area contributed by atoms with Crippen LogP contribution in [0.4, 0.5) is 0 Å². The first kappa shape index (κ1) is 21.6. The second-order valence-corrected chi connectivity index (χ2v) is 11.3. The summed E-state index contributed by atoms with van der Waals surface area (Å²) in [6.45, 7) is 1.12. The number of rotatable bonds is 3. The fourth-order valence-electron chi connectivity index (χ4n) is 7.90. The van der Waals surface area contributed by atoms with E-state index in [4.69, 9.17) is 4.74 Å². The highest BCUT2D eigenvalue weighted by Crippen LogP contribution is 2.54. The Balaban J connectivity index is 1.40. The lowest BCUT2D eigenvalue weighted by atomic mass is 9.97. The average molecular weight is 514 g/mol. The van der Waals surface area contributed by atoms with Crippen molar-refractivity contribution in [3.05, 3.63) is 89.5 Å². The number of hydrogen-bond acceptors (Lipinski definition) is 3. The molecule has 0 spiro atoms. The monoisotopic (exact) mass is 513 g/mol. The van der Waals surface area contributed by atoms with Gasteiger partial charge in [-0.1, -0.05) is 48.5 Å². The van der Waals surface area contributed by atoms with Crippen LogP contribution in [0.3, 0.4) is 0 Å². The maximum atomic E-state index is 14.3. The van der Waals surface area contributed by atoms with E-state index >= 15 is 0 Å². The zero-order valence-corrected chi connectivity index (χ0v) is 21.6. The molecular formula is C33H27N3O3. The maximum absolute atomic E-state index is 14.3. The van der Waals surface area contributed by atoms with Gasteiger partial charge in [0.15, 0.2) is 0 Å². The summed E-state index contributed by atoms with van der Waals surface area (Å²) in [5.74, 6) is 0.891. The molecule has 4 heterocycles. The van der Waals surface area contributed by atoms with Crippen molar-refractivity contribution in [2.45, 2.75) is 44.1 Å². The van der Waals surface area contributed by atoms with E-state index in [-0.39, 0.29) is 18.0 Å². The molecule has 0 unspecified atom stereocenters. The molecule has 4 aromatic carbocycles. The van der Waals surface area contributed by atoms with Crippen molar-refractivity contribution in [1.29, 1.82) is 0 Å². The van der Waals surface area contributed by atoms with Gasteiger partial charge >= 0.3 is 0 Å². The van der Waals surface area contributed by atoms with Gasteiger partial charge in [-0.3, -0.25) is 4.79 Å². The number of carbonyl (C=O) groups is 1. The highest BCUT2D eigenvalue weighted by Gasteiger charge is 2.44. The van der Waals surface area contributed by atoms with Gasteiger partial charge in [-0.15, -0.1) is 0 Å². The molecule has 1 saturated carbocycles. The third-order valence-electron chi connectivity index (χ3n) is 9.45. The van der Waals surface area contributed by atoms with Crippen LogP contribution in [0.25, 0.3) is 43.6 Å². The Kier molecular flexibility index (Phi) is 4.12. The highest BCUT2D eigenvalue weighted by molar-refractivity contribution is 6.31. The number of ether oxygens (including phenoxy) is 1. The Morgan fingerprint density at radius 3 is 2.26 bits per heavy atom. The minimum atomic E-state index is -0.422. The highest BCUT2D eigenvalue weighted by atomic mass is 16.5. The van der Waals surface area contributed by atoms with Gasteiger partial charge in [-0.05, 0) is 48.2 Å². The molecule has 3 atom stereocenters. The Bertz CT molecular complexity index is 2020. The number of para-hydroxylation sites is 2. The van der Waals surface area contributed by atoms with Gasteiger partial charge in [0.1, 0.15) is 5.75 Å². The fourth-order valence-corrected chi connectivity index (χ4v) is 7.90. The van der Waals surface area contributed by atoms with Crippen LogP contribution in [0.2, 0.25) is 0 Å². The summed E-state index contributed by atoms with van der Waals surface area (Å²) in [6, 6.07) is 25.2. The molecule has 2 aliphatic heterocycles. The first-order valence-corrected chi connectivity index (χ1v) is 13.7. The van der Waals surface area contributed by atoms with Crippen molar-refractivity contribution in [2.75, 3.05) is 7.11 Å². The molecule has 6 heteroatoms. The molecule has 3 aliphatic rings. The number of nitrogens with zero attached hydrogens (tertiary/aromatic N) is 3. The molecule has 39 heavy (non-hydrogen) atoms. The smallest absolute Gasteiger partial charge is 0.255 e. The van der Waals surface area contributed by atoms with Gasteiger partial charge < -0.3 is 23.9 Å². The van der Waals surface area contributed by atoms with Crippen molar-refractivity contribution in [3.8, 4) is 5.75 Å². The summed E-state index contributed by atoms with van der Waals surface area (Å²) in [4.78, 5) is 16.3. The molecule has 0 saturated heterocycles. The second-order valence-electron chi connectivity index (χ2n) is 11.3. The van der Waals surface area contributed by atoms with Gasteiger partial charge in [0, 0.05) is 51.7 Å². The molecule has 0 radical (unpaired) electrons. The van der Waals surface area contributed by atoms with Crippen LogP contribution >= 0.6 is 0 Å². The molecule has 1 N–H and O–H groups in total. The summed E-state index contributed by atoms with van der Waals surface area (Å²) in [7, 11) is 1.67. The minimum Gasteiger partial charge on any atom is -0.497 e. The minimum absolute atomic E-state index is 0.00998. The molecule has 6 aromatic rings. The third-order valence-corrected chi connectivity index (χ3v) is 9.45. The average Bonchev–Trinajstić information content (AvgIpc) is 3.66. The lowest BCUT2D eigenvalue weighted by molar-refractivity contribution is 0.0768. The maximum Gasteiger partial charge on any atom is 0.255 e. The molecule has 192 valence electrons. The van der Waals surface area contributed by atoms with Gasteiger partial charge in [-0.25, -0.2) is 0 Å². The van der Waals surface area contributed by atoms with Crippen molar-refractivity contribution < 1.29 is 14.6 Å². The number of carbonyl (C=O) groups excluding carboxylic acids is 1. The number of aliphatic hydroxyl groups is 1. The van der Waals surface area contributed by atoms with Crippen molar-refractivity contribution >= 4 is 49.5 Å². The Morgan fingerprint density at radius 2 is 1.51 bits per heavy atom. The van der Waals surface area contributed by atoms with Crippen molar-refractivity contribution in [2.24, 2.45) is 0 Å². The van der Waals surface area contributed by atoms with Crippen LogP contribution in [-0.4, -0.2) is 38.3 Å². The number of benzene rings is 4. The standard InChI is InChI=1S/C33H27N3O3/c1-39-20-12-10-18(11-13-20)16-34-17-23-28-21-6-2-4-8-24(21)35-19-14-26(27(37)15-19)36-25-9-5-3-7-22(25)29(30(23)33(34)38)32(36)31(28)35/h2-13,19,26-27,37H,14-17H2,1H3/t19-,26-,27+/m1/s1. The predicted octanol–water partition coefficient (Wildman–Crippen LogP) is 6.32. The van der Waals surface area contributed by atoms with Crippen molar-refractivity contribution in [3.63, 3.8) is 0 Å². The number of fused-ring (bicyclic) bond motifs is 13. The summed E-state index contributed by atoms with van der Waals surface area (Å²) >= 11 is 0. The lowest BCUT2D eigenvalue weighted by Crippen LogP contribution is -2.23. The SMILES string of the molecule is COc1ccc(CN2Cc3c(c4c5ccccc5n5c4c4c3c3ccccc3n4[C@@H]3C[C@@H]5[C@@H](O)C3)C2=O)cc1. The number of amides is 1. The molecule has 2 aromatic heterocycles. The van der Waals surface area contributed by atoms with E-state index in [1.165, 1.54) is 21.8 Å². The predicted molar refractivity (Wildman–Crippen MR) is 152 cm³/mol. The molecule has 9 rings (SSSR count). The van der Waals surface area contributed by atoms with Crippen LogP contribution in [0, 0.1) is 0 Å². The van der Waals surface area contributed by atoms with Gasteiger partial charge in [0.05, 0.1) is 35.9 Å². The summed E-state index contributed by atoms with van der Waals surface area (Å²) in [5.41, 5.74) is 7.67. The van der Waals surface area contributed by atoms with E-state index in [0.29, 0.717) is 13.1 Å². The Hall–Kier alpha value is -4.29. The van der Waals surface area contributed by atoms with Crippen molar-refractivity contribution in [1.82, 2.24) is 14.0 Å². The normalized spacial score (nSPS) is 21.6. The zero-order chi connectivity index (χ0) is 26.0. The van der Waals surface area contributed by atoms with Crippen LogP contribution in [0.15, 0.2) is 72.8 Å². The van der Waals surface area contributed by atoms with Gasteiger partial charge in [0.2, 0.25) is 0 Å². The third kappa shape index (κ3) is 2.62. The van der Waals surface area contributed by atoms with E-state index in [0.717, 1.165) is 57.1 Å². The van der Waals surface area contributed by atoms with E-state index < -0.39 is 6.10 Å². The van der Waals surface area contributed by atoms with Crippen LogP contribution in [-0.2, 0) is 13.1 Å². The van der Waals surface area contributed by atoms with E-state index in [9.17, 15) is 9.90 Å². The van der Waals surface area contributed by atoms with Crippen LogP contribution in [0.1, 0.15) is 46.4 Å². The molecular weight excluding hydrogens is 486 g/mol. The van der Waals surface area contributed by atoms with E-state index in [1.54, 1.807) is 7.11 Å². The van der Waals surface area contributed by atoms with Crippen LogP contribution < -0.4 is 4.74 Å². The molecule has 1 aliphatic carbocycles. The summed E-state index contributed by atoms with van der Waals surface area (Å²) in [6.07, 6.45) is 1.21. The molecule has 6 nitrogen and oxygen atoms in total. The first-order chi connectivity index (χ1) is 19.1. The number of aliphatic hydroxyl groups excluding tert-OH is 1. The largest absolute Gasteiger partial charge is 0.497 e. The number of hydrogen-bond donors (Lipinski definition) is 1. The first-order valence-electron chi connectivity index (χ1n) is 13.7. The quantitative estimate of drug-likeness (QED) is 0.301. The summed E-state index contributed by atoms with van der Waals surface area (Å²) < 4.78 is 10.2. The van der Waals surface area contributed by atoms with Gasteiger partial charge in [-0.2, -0.15) is 0 Å². The molecule has 2 bridgehead atoms. The Morgan fingerprint density at radius 1 is 0.846 bits per heavy atom. The zero-order valence-electron chi connectivity index (χ0n) is 21.6. The topological polar surface area (TPSA) is 59.6 Å². The Labute approximate surface area is 224 Å². The number of methoxy groups -OCH3 is 1. The molecule has 1 amide bonds.